The highest BCUT2D eigenvalue weighted by Crippen LogP contribution is 2.13. The molecule has 0 aliphatic rings. The number of nitrogens with one attached hydrogen (secondary N) is 1. The summed E-state index contributed by atoms with van der Waals surface area (Å²) < 4.78 is 5.60. The zero-order valence-electron chi connectivity index (χ0n) is 9.05. The van der Waals surface area contributed by atoms with Crippen molar-refractivity contribution in [3.05, 3.63) is 0 Å². The van der Waals surface area contributed by atoms with Crippen LogP contribution >= 0.6 is 0 Å². The van der Waals surface area contributed by atoms with Crippen LogP contribution in [-0.2, 0) is 4.74 Å². The molecule has 76 valence electrons. The summed E-state index contributed by atoms with van der Waals surface area (Å²) in [5.74, 6) is 0. The maximum absolute atomic E-state index is 8.73. The highest BCUT2D eigenvalue weighted by Gasteiger charge is 2.17. The summed E-state index contributed by atoms with van der Waals surface area (Å²) in [5.41, 5.74) is -0.121. The van der Waals surface area contributed by atoms with Crippen LogP contribution in [0.3, 0.4) is 0 Å². The van der Waals surface area contributed by atoms with Gasteiger partial charge in [0.2, 0.25) is 0 Å². The molecule has 0 bridgehead atoms. The van der Waals surface area contributed by atoms with Crippen LogP contribution < -0.4 is 5.32 Å². The van der Waals surface area contributed by atoms with E-state index in [2.05, 4.69) is 18.3 Å². The van der Waals surface area contributed by atoms with Gasteiger partial charge < -0.3 is 10.1 Å². The van der Waals surface area contributed by atoms with Gasteiger partial charge in [-0.1, -0.05) is 13.8 Å². The van der Waals surface area contributed by atoms with E-state index in [4.69, 9.17) is 10.00 Å². The normalized spacial score (nSPS) is 13.8. The minimum absolute atomic E-state index is 0.121. The third-order valence-electron chi connectivity index (χ3n) is 2.10. The highest BCUT2D eigenvalue weighted by atomic mass is 16.5. The third kappa shape index (κ3) is 5.62. The number of ether oxygens (including phenoxy) is 1. The van der Waals surface area contributed by atoms with E-state index in [-0.39, 0.29) is 11.6 Å². The first kappa shape index (κ1) is 12.4. The molecule has 13 heavy (non-hydrogen) atoms. The Bertz CT molecular complexity index is 172. The van der Waals surface area contributed by atoms with Crippen LogP contribution in [-0.4, -0.2) is 24.8 Å². The van der Waals surface area contributed by atoms with Gasteiger partial charge in [0.15, 0.2) is 0 Å². The van der Waals surface area contributed by atoms with Crippen LogP contribution in [0.25, 0.3) is 0 Å². The maximum Gasteiger partial charge on any atom is 0.119 e. The Kier molecular flexibility index (Phi) is 5.68. The number of likely N-dealkylation sites (N-methyl/N-ethyl adjacent to an activating group) is 1. The van der Waals surface area contributed by atoms with Gasteiger partial charge in [0, 0.05) is 0 Å². The van der Waals surface area contributed by atoms with Gasteiger partial charge in [-0.2, -0.15) is 5.26 Å². The predicted octanol–water partition coefficient (Wildman–Crippen LogP) is 1.69. The minimum atomic E-state index is -0.184. The topological polar surface area (TPSA) is 45.0 Å². The molecule has 0 spiro atoms. The average molecular weight is 184 g/mol. The largest absolute Gasteiger partial charge is 0.373 e. The van der Waals surface area contributed by atoms with Crippen molar-refractivity contribution in [2.24, 2.45) is 0 Å². The molecule has 0 fully saturated rings. The van der Waals surface area contributed by atoms with Crippen molar-refractivity contribution in [3.63, 3.8) is 0 Å². The summed E-state index contributed by atoms with van der Waals surface area (Å²) in [6.07, 6.45) is 0.956. The lowest BCUT2D eigenvalue weighted by atomic mass is 10.1. The maximum atomic E-state index is 8.73. The van der Waals surface area contributed by atoms with Crippen molar-refractivity contribution >= 4 is 0 Å². The van der Waals surface area contributed by atoms with Gasteiger partial charge >= 0.3 is 0 Å². The fraction of sp³-hybridized carbons (Fsp3) is 0.900. The number of hydrogen-bond acceptors (Lipinski definition) is 3. The van der Waals surface area contributed by atoms with Gasteiger partial charge in [0.1, 0.15) is 6.04 Å². The molecule has 0 aliphatic heterocycles. The monoisotopic (exact) mass is 184 g/mol. The number of hydrogen-bond donors (Lipinski definition) is 1. The molecule has 3 heteroatoms. The zero-order chi connectivity index (χ0) is 10.3. The molecule has 0 aromatic carbocycles. The Morgan fingerprint density at radius 3 is 2.46 bits per heavy atom. The SMILES string of the molecule is CCNC(C#N)COC(C)(C)CC. The molecule has 0 rings (SSSR count). The molecule has 0 aliphatic carbocycles. The minimum Gasteiger partial charge on any atom is -0.373 e. The molecule has 1 N–H and O–H groups in total. The third-order valence-corrected chi connectivity index (χ3v) is 2.10. The summed E-state index contributed by atoms with van der Waals surface area (Å²) in [5, 5.41) is 11.8. The molecule has 0 heterocycles. The Morgan fingerprint density at radius 2 is 2.08 bits per heavy atom. The van der Waals surface area contributed by atoms with E-state index in [0.717, 1.165) is 13.0 Å². The summed E-state index contributed by atoms with van der Waals surface area (Å²) in [7, 11) is 0. The van der Waals surface area contributed by atoms with E-state index in [1.807, 2.05) is 20.8 Å². The van der Waals surface area contributed by atoms with E-state index in [1.165, 1.54) is 0 Å². The molecular weight excluding hydrogens is 164 g/mol. The van der Waals surface area contributed by atoms with Gasteiger partial charge in [-0.05, 0) is 26.8 Å². The smallest absolute Gasteiger partial charge is 0.119 e. The second kappa shape index (κ2) is 5.95. The predicted molar refractivity (Wildman–Crippen MR) is 53.4 cm³/mol. The van der Waals surface area contributed by atoms with Crippen molar-refractivity contribution in [2.75, 3.05) is 13.2 Å². The Balaban J connectivity index is 3.79. The molecular formula is C10H20N2O. The van der Waals surface area contributed by atoms with Crippen LogP contribution in [0.1, 0.15) is 34.1 Å². The van der Waals surface area contributed by atoms with Crippen LogP contribution in [0, 0.1) is 11.3 Å². The van der Waals surface area contributed by atoms with Crippen LogP contribution in [0.4, 0.5) is 0 Å². The summed E-state index contributed by atoms with van der Waals surface area (Å²) >= 11 is 0. The van der Waals surface area contributed by atoms with Crippen molar-refractivity contribution in [1.82, 2.24) is 5.32 Å². The Labute approximate surface area is 81.1 Å². The first-order valence-electron chi connectivity index (χ1n) is 4.82. The van der Waals surface area contributed by atoms with Crippen molar-refractivity contribution < 1.29 is 4.74 Å². The lowest BCUT2D eigenvalue weighted by Crippen LogP contribution is -2.36. The quantitative estimate of drug-likeness (QED) is 0.683. The van der Waals surface area contributed by atoms with Crippen LogP contribution in [0.5, 0.6) is 0 Å². The first-order chi connectivity index (χ1) is 6.05. The molecule has 0 radical (unpaired) electrons. The molecule has 1 unspecified atom stereocenters. The standard InChI is InChI=1S/C10H20N2O/c1-5-10(3,4)13-8-9(7-11)12-6-2/h9,12H,5-6,8H2,1-4H3. The Hall–Kier alpha value is -0.590. The van der Waals surface area contributed by atoms with Gasteiger partial charge in [0.05, 0.1) is 18.3 Å². The number of nitrogens with zero attached hydrogens (tertiary/aromatic N) is 1. The molecule has 0 aromatic heterocycles. The lowest BCUT2D eigenvalue weighted by molar-refractivity contribution is -0.0245. The van der Waals surface area contributed by atoms with Gasteiger partial charge in [-0.15, -0.1) is 0 Å². The van der Waals surface area contributed by atoms with E-state index >= 15 is 0 Å². The van der Waals surface area contributed by atoms with Crippen molar-refractivity contribution in [1.29, 1.82) is 5.26 Å². The first-order valence-corrected chi connectivity index (χ1v) is 4.82. The van der Waals surface area contributed by atoms with Crippen LogP contribution in [0.2, 0.25) is 0 Å². The summed E-state index contributed by atoms with van der Waals surface area (Å²) in [4.78, 5) is 0. The Morgan fingerprint density at radius 1 is 1.46 bits per heavy atom. The van der Waals surface area contributed by atoms with E-state index in [0.29, 0.717) is 6.61 Å². The lowest BCUT2D eigenvalue weighted by Gasteiger charge is -2.25. The number of rotatable bonds is 6. The van der Waals surface area contributed by atoms with Gasteiger partial charge in [0.25, 0.3) is 0 Å². The molecule has 0 amide bonds. The fourth-order valence-corrected chi connectivity index (χ4v) is 0.799. The van der Waals surface area contributed by atoms with Crippen LogP contribution in [0.15, 0.2) is 0 Å². The molecule has 0 saturated carbocycles. The number of nitriles is 1. The fourth-order valence-electron chi connectivity index (χ4n) is 0.799. The molecule has 3 nitrogen and oxygen atoms in total. The summed E-state index contributed by atoms with van der Waals surface area (Å²) in [6.45, 7) is 9.39. The molecule has 0 saturated heterocycles. The summed E-state index contributed by atoms with van der Waals surface area (Å²) in [6, 6.07) is 1.98. The van der Waals surface area contributed by atoms with Crippen molar-refractivity contribution in [2.45, 2.75) is 45.8 Å². The van der Waals surface area contributed by atoms with Gasteiger partial charge in [-0.25, -0.2) is 0 Å². The zero-order valence-corrected chi connectivity index (χ0v) is 9.05. The second-order valence-electron chi connectivity index (χ2n) is 3.66. The molecule has 0 aromatic rings. The van der Waals surface area contributed by atoms with E-state index in [9.17, 15) is 0 Å². The highest BCUT2D eigenvalue weighted by molar-refractivity contribution is 4.89. The van der Waals surface area contributed by atoms with Crippen molar-refractivity contribution in [3.8, 4) is 6.07 Å². The second-order valence-corrected chi connectivity index (χ2v) is 3.66. The van der Waals surface area contributed by atoms with E-state index in [1.54, 1.807) is 0 Å². The van der Waals surface area contributed by atoms with Gasteiger partial charge in [-0.3, -0.25) is 0 Å². The molecule has 1 atom stereocenters. The average Bonchev–Trinajstić information content (AvgIpc) is 2.12. The van der Waals surface area contributed by atoms with E-state index < -0.39 is 0 Å².